The molecule has 0 radical (unpaired) electrons. The maximum atomic E-state index is 12.2. The standard InChI is InChI=1S/C12H16ClN3O2/c1-2-18-11-10(13)7-9(8-15-11)12(17)16-5-3-14-4-6-16/h7-8,14H,2-6H2,1H3. The van der Waals surface area contributed by atoms with E-state index in [-0.39, 0.29) is 5.91 Å². The predicted octanol–water partition coefficient (Wildman–Crippen LogP) is 1.18. The molecule has 1 aromatic rings. The quantitative estimate of drug-likeness (QED) is 0.895. The molecule has 1 aliphatic heterocycles. The second-order valence-electron chi connectivity index (χ2n) is 3.99. The Morgan fingerprint density at radius 3 is 2.89 bits per heavy atom. The molecule has 2 rings (SSSR count). The van der Waals surface area contributed by atoms with Gasteiger partial charge in [0.1, 0.15) is 5.02 Å². The highest BCUT2D eigenvalue weighted by Gasteiger charge is 2.19. The first-order chi connectivity index (χ1) is 8.72. The fraction of sp³-hybridized carbons (Fsp3) is 0.500. The van der Waals surface area contributed by atoms with Crippen molar-refractivity contribution in [3.63, 3.8) is 0 Å². The average Bonchev–Trinajstić information content (AvgIpc) is 2.41. The van der Waals surface area contributed by atoms with Crippen molar-refractivity contribution >= 4 is 17.5 Å². The van der Waals surface area contributed by atoms with E-state index in [0.29, 0.717) is 36.2 Å². The lowest BCUT2D eigenvalue weighted by Gasteiger charge is -2.27. The zero-order valence-corrected chi connectivity index (χ0v) is 11.0. The molecule has 0 spiro atoms. The number of carbonyl (C=O) groups is 1. The minimum atomic E-state index is -0.0334. The van der Waals surface area contributed by atoms with Gasteiger partial charge in [0.05, 0.1) is 12.2 Å². The number of aromatic nitrogens is 1. The van der Waals surface area contributed by atoms with Gasteiger partial charge in [0.25, 0.3) is 5.91 Å². The number of hydrogen-bond acceptors (Lipinski definition) is 4. The van der Waals surface area contributed by atoms with Gasteiger partial charge >= 0.3 is 0 Å². The van der Waals surface area contributed by atoms with Crippen LogP contribution in [0.15, 0.2) is 12.3 Å². The highest BCUT2D eigenvalue weighted by molar-refractivity contribution is 6.32. The fourth-order valence-electron chi connectivity index (χ4n) is 1.84. The predicted molar refractivity (Wildman–Crippen MR) is 69.2 cm³/mol. The van der Waals surface area contributed by atoms with Crippen molar-refractivity contribution in [3.05, 3.63) is 22.8 Å². The number of halogens is 1. The number of piperazine rings is 1. The zero-order valence-electron chi connectivity index (χ0n) is 10.3. The van der Waals surface area contributed by atoms with E-state index in [4.69, 9.17) is 16.3 Å². The topological polar surface area (TPSA) is 54.5 Å². The number of rotatable bonds is 3. The van der Waals surface area contributed by atoms with Crippen LogP contribution in [0.5, 0.6) is 5.88 Å². The summed E-state index contributed by atoms with van der Waals surface area (Å²) in [6.07, 6.45) is 1.52. The Kier molecular flexibility index (Phi) is 4.38. The van der Waals surface area contributed by atoms with Crippen molar-refractivity contribution in [2.24, 2.45) is 0 Å². The van der Waals surface area contributed by atoms with E-state index in [2.05, 4.69) is 10.3 Å². The Bertz CT molecular complexity index is 433. The molecule has 0 aliphatic carbocycles. The molecule has 0 aromatic carbocycles. The van der Waals surface area contributed by atoms with E-state index >= 15 is 0 Å². The molecule has 1 fully saturated rings. The summed E-state index contributed by atoms with van der Waals surface area (Å²) in [5, 5.41) is 3.58. The summed E-state index contributed by atoms with van der Waals surface area (Å²) in [5.74, 6) is 0.338. The molecule has 1 amide bonds. The Hall–Kier alpha value is -1.33. The minimum Gasteiger partial charge on any atom is -0.477 e. The fourth-order valence-corrected chi connectivity index (χ4v) is 2.06. The first kappa shape index (κ1) is 13.1. The minimum absolute atomic E-state index is 0.0334. The van der Waals surface area contributed by atoms with Crippen molar-refractivity contribution < 1.29 is 9.53 Å². The molecule has 98 valence electrons. The van der Waals surface area contributed by atoms with Gasteiger partial charge in [-0.2, -0.15) is 0 Å². The number of hydrogen-bond donors (Lipinski definition) is 1. The van der Waals surface area contributed by atoms with Gasteiger partial charge in [0, 0.05) is 32.4 Å². The van der Waals surface area contributed by atoms with Crippen molar-refractivity contribution in [1.82, 2.24) is 15.2 Å². The van der Waals surface area contributed by atoms with E-state index in [1.807, 2.05) is 6.92 Å². The van der Waals surface area contributed by atoms with Gasteiger partial charge in [-0.05, 0) is 13.0 Å². The third kappa shape index (κ3) is 2.91. The summed E-state index contributed by atoms with van der Waals surface area (Å²) in [6.45, 7) is 5.43. The Morgan fingerprint density at radius 1 is 1.56 bits per heavy atom. The van der Waals surface area contributed by atoms with Gasteiger partial charge in [-0.25, -0.2) is 4.98 Å². The van der Waals surface area contributed by atoms with Gasteiger partial charge in [-0.3, -0.25) is 4.79 Å². The Morgan fingerprint density at radius 2 is 2.28 bits per heavy atom. The number of pyridine rings is 1. The van der Waals surface area contributed by atoms with Crippen LogP contribution in [-0.2, 0) is 0 Å². The van der Waals surface area contributed by atoms with Crippen molar-refractivity contribution in [3.8, 4) is 5.88 Å². The highest BCUT2D eigenvalue weighted by Crippen LogP contribution is 2.23. The second-order valence-corrected chi connectivity index (χ2v) is 4.39. The lowest BCUT2D eigenvalue weighted by Crippen LogP contribution is -2.46. The summed E-state index contributed by atoms with van der Waals surface area (Å²) in [7, 11) is 0. The molecule has 0 saturated carbocycles. The van der Waals surface area contributed by atoms with Gasteiger partial charge in [-0.1, -0.05) is 11.6 Å². The zero-order chi connectivity index (χ0) is 13.0. The molecule has 1 saturated heterocycles. The van der Waals surface area contributed by atoms with E-state index in [0.717, 1.165) is 13.1 Å². The number of nitrogens with zero attached hydrogens (tertiary/aromatic N) is 2. The molecule has 0 bridgehead atoms. The third-order valence-corrected chi connectivity index (χ3v) is 3.01. The molecule has 2 heterocycles. The average molecular weight is 270 g/mol. The first-order valence-corrected chi connectivity index (χ1v) is 6.38. The second kappa shape index (κ2) is 6.02. The van der Waals surface area contributed by atoms with Crippen molar-refractivity contribution in [2.75, 3.05) is 32.8 Å². The first-order valence-electron chi connectivity index (χ1n) is 6.00. The lowest BCUT2D eigenvalue weighted by molar-refractivity contribution is 0.0735. The summed E-state index contributed by atoms with van der Waals surface area (Å²) in [6, 6.07) is 1.61. The van der Waals surface area contributed by atoms with Crippen LogP contribution in [0, 0.1) is 0 Å². The van der Waals surface area contributed by atoms with Crippen LogP contribution in [0.2, 0.25) is 5.02 Å². The third-order valence-electron chi connectivity index (χ3n) is 2.74. The molecule has 0 unspecified atom stereocenters. The lowest BCUT2D eigenvalue weighted by atomic mass is 10.2. The van der Waals surface area contributed by atoms with E-state index in [1.54, 1.807) is 11.0 Å². The van der Waals surface area contributed by atoms with E-state index in [9.17, 15) is 4.79 Å². The molecule has 1 aromatic heterocycles. The van der Waals surface area contributed by atoms with Crippen LogP contribution >= 0.6 is 11.6 Å². The summed E-state index contributed by atoms with van der Waals surface area (Å²) < 4.78 is 5.24. The van der Waals surface area contributed by atoms with E-state index in [1.165, 1.54) is 6.20 Å². The monoisotopic (exact) mass is 269 g/mol. The summed E-state index contributed by atoms with van der Waals surface area (Å²) in [4.78, 5) is 18.0. The molecule has 5 nitrogen and oxygen atoms in total. The largest absolute Gasteiger partial charge is 0.477 e. The highest BCUT2D eigenvalue weighted by atomic mass is 35.5. The molecule has 0 atom stereocenters. The van der Waals surface area contributed by atoms with E-state index < -0.39 is 0 Å². The smallest absolute Gasteiger partial charge is 0.255 e. The molecule has 6 heteroatoms. The molecule has 1 N–H and O–H groups in total. The Labute approximate surface area is 111 Å². The van der Waals surface area contributed by atoms with Crippen LogP contribution in [-0.4, -0.2) is 48.6 Å². The van der Waals surface area contributed by atoms with Crippen LogP contribution in [0.3, 0.4) is 0 Å². The maximum Gasteiger partial charge on any atom is 0.255 e. The molecular formula is C12H16ClN3O2. The van der Waals surface area contributed by atoms with Crippen LogP contribution in [0.25, 0.3) is 0 Å². The van der Waals surface area contributed by atoms with Crippen LogP contribution < -0.4 is 10.1 Å². The number of amides is 1. The molecule has 1 aliphatic rings. The maximum absolute atomic E-state index is 12.2. The Balaban J connectivity index is 2.12. The van der Waals surface area contributed by atoms with Crippen molar-refractivity contribution in [1.29, 1.82) is 0 Å². The van der Waals surface area contributed by atoms with Gasteiger partial charge in [0.2, 0.25) is 5.88 Å². The number of carbonyl (C=O) groups excluding carboxylic acids is 1. The summed E-state index contributed by atoms with van der Waals surface area (Å²) >= 11 is 6.02. The SMILES string of the molecule is CCOc1ncc(C(=O)N2CCNCC2)cc1Cl. The van der Waals surface area contributed by atoms with Crippen LogP contribution in [0.1, 0.15) is 17.3 Å². The normalized spacial score (nSPS) is 15.6. The number of ether oxygens (including phenoxy) is 1. The van der Waals surface area contributed by atoms with Gasteiger partial charge in [0.15, 0.2) is 0 Å². The number of nitrogens with one attached hydrogen (secondary N) is 1. The van der Waals surface area contributed by atoms with Crippen molar-refractivity contribution in [2.45, 2.75) is 6.92 Å². The van der Waals surface area contributed by atoms with Gasteiger partial charge in [-0.15, -0.1) is 0 Å². The van der Waals surface area contributed by atoms with Crippen LogP contribution in [0.4, 0.5) is 0 Å². The van der Waals surface area contributed by atoms with Gasteiger partial charge < -0.3 is 15.0 Å². The molecule has 18 heavy (non-hydrogen) atoms. The summed E-state index contributed by atoms with van der Waals surface area (Å²) in [5.41, 5.74) is 0.505. The molecular weight excluding hydrogens is 254 g/mol.